The summed E-state index contributed by atoms with van der Waals surface area (Å²) in [6.45, 7) is 4.17. The lowest BCUT2D eigenvalue weighted by Gasteiger charge is -2.37. The fourth-order valence-corrected chi connectivity index (χ4v) is 3.25. The Bertz CT molecular complexity index is 509. The summed E-state index contributed by atoms with van der Waals surface area (Å²) >= 11 is 0. The quantitative estimate of drug-likeness (QED) is 0.906. The van der Waals surface area contributed by atoms with E-state index in [1.54, 1.807) is 0 Å². The molecule has 0 aromatic carbocycles. The maximum Gasteiger partial charge on any atom is 0.108 e. The number of nitrogens with zero attached hydrogens (tertiary/aromatic N) is 3. The smallest absolute Gasteiger partial charge is 0.108 e. The van der Waals surface area contributed by atoms with Crippen LogP contribution in [0.5, 0.6) is 0 Å². The van der Waals surface area contributed by atoms with Crippen molar-refractivity contribution in [3.63, 3.8) is 0 Å². The first-order valence-electron chi connectivity index (χ1n) is 7.32. The van der Waals surface area contributed by atoms with Crippen LogP contribution in [0.1, 0.15) is 56.0 Å². The van der Waals surface area contributed by atoms with Crippen molar-refractivity contribution in [3.05, 3.63) is 17.7 Å². The minimum Gasteiger partial charge on any atom is -0.331 e. The van der Waals surface area contributed by atoms with Crippen LogP contribution in [0.25, 0.3) is 0 Å². The van der Waals surface area contributed by atoms with Crippen molar-refractivity contribution in [2.75, 3.05) is 0 Å². The maximum absolute atomic E-state index is 9.62. The van der Waals surface area contributed by atoms with Gasteiger partial charge in [0.1, 0.15) is 5.54 Å². The summed E-state index contributed by atoms with van der Waals surface area (Å²) in [7, 11) is 0. The first-order valence-corrected chi connectivity index (χ1v) is 7.32. The van der Waals surface area contributed by atoms with E-state index in [4.69, 9.17) is 0 Å². The van der Waals surface area contributed by atoms with Gasteiger partial charge in [0.25, 0.3) is 0 Å². The molecule has 0 radical (unpaired) electrons. The molecule has 0 amide bonds. The SMILES string of the molecule is Cc1ncn(C2CCCC(C#N)(NC3CC3)C2)c1C. The highest BCUT2D eigenvalue weighted by Gasteiger charge is 2.41. The van der Waals surface area contributed by atoms with Gasteiger partial charge in [-0.05, 0) is 52.4 Å². The molecule has 2 fully saturated rings. The Hall–Kier alpha value is -1.34. The summed E-state index contributed by atoms with van der Waals surface area (Å²) in [5, 5.41) is 13.2. The van der Waals surface area contributed by atoms with Crippen LogP contribution in [-0.2, 0) is 0 Å². The summed E-state index contributed by atoms with van der Waals surface area (Å²) < 4.78 is 2.27. The van der Waals surface area contributed by atoms with Crippen LogP contribution in [0.3, 0.4) is 0 Å². The zero-order chi connectivity index (χ0) is 13.5. The van der Waals surface area contributed by atoms with Gasteiger partial charge in [0.15, 0.2) is 0 Å². The topological polar surface area (TPSA) is 53.6 Å². The van der Waals surface area contributed by atoms with E-state index in [0.717, 1.165) is 31.4 Å². The Labute approximate surface area is 114 Å². The van der Waals surface area contributed by atoms with Crippen LogP contribution < -0.4 is 5.32 Å². The highest BCUT2D eigenvalue weighted by atomic mass is 15.1. The van der Waals surface area contributed by atoms with Gasteiger partial charge in [-0.1, -0.05) is 0 Å². The zero-order valence-electron chi connectivity index (χ0n) is 11.8. The molecule has 2 aliphatic carbocycles. The van der Waals surface area contributed by atoms with Gasteiger partial charge in [-0.25, -0.2) is 4.98 Å². The van der Waals surface area contributed by atoms with E-state index in [2.05, 4.69) is 34.8 Å². The van der Waals surface area contributed by atoms with Gasteiger partial charge in [-0.15, -0.1) is 0 Å². The maximum atomic E-state index is 9.62. The number of hydrogen-bond donors (Lipinski definition) is 1. The van der Waals surface area contributed by atoms with Crippen molar-refractivity contribution in [1.82, 2.24) is 14.9 Å². The number of hydrogen-bond acceptors (Lipinski definition) is 3. The average molecular weight is 258 g/mol. The number of nitrogens with one attached hydrogen (secondary N) is 1. The van der Waals surface area contributed by atoms with Gasteiger partial charge in [-0.2, -0.15) is 5.26 Å². The van der Waals surface area contributed by atoms with E-state index in [1.807, 2.05) is 6.33 Å². The largest absolute Gasteiger partial charge is 0.331 e. The fourth-order valence-electron chi connectivity index (χ4n) is 3.25. The number of imidazole rings is 1. The van der Waals surface area contributed by atoms with Gasteiger partial charge in [-0.3, -0.25) is 5.32 Å². The lowest BCUT2D eigenvalue weighted by molar-refractivity contribution is 0.227. The summed E-state index contributed by atoms with van der Waals surface area (Å²) in [6.07, 6.45) is 8.59. The van der Waals surface area contributed by atoms with Gasteiger partial charge >= 0.3 is 0 Å². The Morgan fingerprint density at radius 3 is 2.79 bits per heavy atom. The minimum absolute atomic E-state index is 0.311. The predicted molar refractivity (Wildman–Crippen MR) is 73.7 cm³/mol. The summed E-state index contributed by atoms with van der Waals surface area (Å²) in [5.74, 6) is 0. The molecule has 4 nitrogen and oxygen atoms in total. The monoisotopic (exact) mass is 258 g/mol. The van der Waals surface area contributed by atoms with Crippen molar-refractivity contribution < 1.29 is 0 Å². The molecular formula is C15H22N4. The second kappa shape index (κ2) is 4.64. The molecule has 19 heavy (non-hydrogen) atoms. The Morgan fingerprint density at radius 1 is 1.42 bits per heavy atom. The molecule has 0 spiro atoms. The molecule has 1 heterocycles. The third kappa shape index (κ3) is 2.40. The molecule has 2 aliphatic rings. The molecule has 3 rings (SSSR count). The number of aromatic nitrogens is 2. The molecule has 0 aliphatic heterocycles. The van der Waals surface area contributed by atoms with Crippen LogP contribution in [0.15, 0.2) is 6.33 Å². The molecule has 2 saturated carbocycles. The normalized spacial score (nSPS) is 31.1. The molecule has 0 bridgehead atoms. The lowest BCUT2D eigenvalue weighted by Crippen LogP contribution is -2.49. The summed E-state index contributed by atoms with van der Waals surface area (Å²) in [4.78, 5) is 4.40. The zero-order valence-corrected chi connectivity index (χ0v) is 11.8. The van der Waals surface area contributed by atoms with Crippen molar-refractivity contribution in [2.24, 2.45) is 0 Å². The molecule has 0 saturated heterocycles. The van der Waals surface area contributed by atoms with E-state index in [9.17, 15) is 5.26 Å². The third-order valence-electron chi connectivity index (χ3n) is 4.68. The van der Waals surface area contributed by atoms with Crippen molar-refractivity contribution in [2.45, 2.75) is 70.0 Å². The molecule has 4 heteroatoms. The average Bonchev–Trinajstić information content (AvgIpc) is 3.16. The van der Waals surface area contributed by atoms with E-state index in [0.29, 0.717) is 12.1 Å². The molecular weight excluding hydrogens is 236 g/mol. The molecule has 102 valence electrons. The van der Waals surface area contributed by atoms with Crippen LogP contribution in [0.4, 0.5) is 0 Å². The van der Waals surface area contributed by atoms with Crippen molar-refractivity contribution in [3.8, 4) is 6.07 Å². The van der Waals surface area contributed by atoms with Crippen LogP contribution in [-0.4, -0.2) is 21.1 Å². The van der Waals surface area contributed by atoms with Crippen LogP contribution >= 0.6 is 0 Å². The highest BCUT2D eigenvalue weighted by Crippen LogP contribution is 2.38. The van der Waals surface area contributed by atoms with Crippen LogP contribution in [0.2, 0.25) is 0 Å². The van der Waals surface area contributed by atoms with E-state index >= 15 is 0 Å². The van der Waals surface area contributed by atoms with E-state index in [-0.39, 0.29) is 5.54 Å². The number of nitriles is 1. The fraction of sp³-hybridized carbons (Fsp3) is 0.733. The van der Waals surface area contributed by atoms with Gasteiger partial charge in [0.2, 0.25) is 0 Å². The number of rotatable bonds is 3. The Balaban J connectivity index is 1.80. The predicted octanol–water partition coefficient (Wildman–Crippen LogP) is 2.63. The van der Waals surface area contributed by atoms with Crippen molar-refractivity contribution in [1.29, 1.82) is 5.26 Å². The molecule has 1 aromatic rings. The first-order chi connectivity index (χ1) is 9.13. The molecule has 1 aromatic heterocycles. The summed E-state index contributed by atoms with van der Waals surface area (Å²) in [6, 6.07) is 3.57. The third-order valence-corrected chi connectivity index (χ3v) is 4.68. The Kier molecular flexibility index (Phi) is 3.10. The van der Waals surface area contributed by atoms with Crippen molar-refractivity contribution >= 4 is 0 Å². The highest BCUT2D eigenvalue weighted by molar-refractivity contribution is 5.16. The second-order valence-electron chi connectivity index (χ2n) is 6.19. The van der Waals surface area contributed by atoms with Gasteiger partial charge in [0, 0.05) is 17.8 Å². The van der Waals surface area contributed by atoms with E-state index < -0.39 is 0 Å². The lowest BCUT2D eigenvalue weighted by atomic mass is 9.79. The Morgan fingerprint density at radius 2 is 2.21 bits per heavy atom. The summed E-state index contributed by atoms with van der Waals surface area (Å²) in [5.41, 5.74) is 2.03. The molecule has 2 atom stereocenters. The first kappa shape index (κ1) is 12.7. The van der Waals surface area contributed by atoms with E-state index in [1.165, 1.54) is 18.5 Å². The number of aryl methyl sites for hydroxylation is 1. The minimum atomic E-state index is -0.311. The standard InChI is InChI=1S/C15H22N4/c1-11-12(2)19(10-17-11)14-4-3-7-15(8-14,9-16)18-13-5-6-13/h10,13-14,18H,3-8H2,1-2H3. The second-order valence-corrected chi connectivity index (χ2v) is 6.19. The van der Waals surface area contributed by atoms with Gasteiger partial charge < -0.3 is 4.57 Å². The molecule has 2 unspecified atom stereocenters. The van der Waals surface area contributed by atoms with Gasteiger partial charge in [0.05, 0.1) is 18.1 Å². The molecule has 1 N–H and O–H groups in total. The van der Waals surface area contributed by atoms with Crippen LogP contribution in [0, 0.1) is 25.2 Å².